The smallest absolute Gasteiger partial charge is 0.338 e. The highest BCUT2D eigenvalue weighted by molar-refractivity contribution is 8.13. The highest BCUT2D eigenvalue weighted by Gasteiger charge is 2.25. The van der Waals surface area contributed by atoms with Gasteiger partial charge in [-0.2, -0.15) is 0 Å². The summed E-state index contributed by atoms with van der Waals surface area (Å²) < 4.78 is 46.2. The first-order valence-electron chi connectivity index (χ1n) is 5.51. The fourth-order valence-corrected chi connectivity index (χ4v) is 2.42. The third kappa shape index (κ3) is 4.08. The van der Waals surface area contributed by atoms with Crippen molar-refractivity contribution in [2.24, 2.45) is 0 Å². The zero-order chi connectivity index (χ0) is 15.7. The molecule has 1 aromatic carbocycles. The second-order valence-electron chi connectivity index (χ2n) is 4.93. The van der Waals surface area contributed by atoms with E-state index in [4.69, 9.17) is 15.4 Å². The Kier molecular flexibility index (Phi) is 4.66. The quantitative estimate of drug-likeness (QED) is 0.631. The Bertz CT molecular complexity index is 634. The van der Waals surface area contributed by atoms with E-state index >= 15 is 0 Å². The Hall–Kier alpha value is -1.34. The molecule has 8 heteroatoms. The number of methoxy groups -OCH3 is 1. The first-order chi connectivity index (χ1) is 8.95. The van der Waals surface area contributed by atoms with Crippen molar-refractivity contribution >= 4 is 25.7 Å². The van der Waals surface area contributed by atoms with Gasteiger partial charge in [0.05, 0.1) is 12.7 Å². The molecule has 112 valence electrons. The van der Waals surface area contributed by atoms with Crippen LogP contribution in [0.4, 0.5) is 4.39 Å². The number of hydrogen-bond acceptors (Lipinski definition) is 5. The maximum atomic E-state index is 13.8. The Balaban J connectivity index is 3.39. The zero-order valence-electron chi connectivity index (χ0n) is 11.4. The van der Waals surface area contributed by atoms with Gasteiger partial charge in [-0.15, -0.1) is 0 Å². The lowest BCUT2D eigenvalue weighted by Crippen LogP contribution is -2.24. The lowest BCUT2D eigenvalue weighted by molar-refractivity contribution is 0.00686. The van der Waals surface area contributed by atoms with E-state index in [-0.39, 0.29) is 5.56 Å². The van der Waals surface area contributed by atoms with E-state index < -0.39 is 37.1 Å². The standard InChI is InChI=1S/C12H14ClFO5S/c1-12(2,3)19-11(15)7-5-8(14)10(18-4)9(6-7)20(13,16)17/h5-6H,1-4H3. The molecule has 0 spiro atoms. The molecule has 0 aliphatic rings. The summed E-state index contributed by atoms with van der Waals surface area (Å²) in [5, 5.41) is 0. The van der Waals surface area contributed by atoms with Crippen molar-refractivity contribution < 1.29 is 27.1 Å². The van der Waals surface area contributed by atoms with Crippen molar-refractivity contribution in [3.05, 3.63) is 23.5 Å². The molecule has 0 N–H and O–H groups in total. The maximum absolute atomic E-state index is 13.8. The molecule has 0 bridgehead atoms. The molecule has 1 rings (SSSR count). The zero-order valence-corrected chi connectivity index (χ0v) is 12.9. The van der Waals surface area contributed by atoms with Gasteiger partial charge in [-0.05, 0) is 32.9 Å². The average molecular weight is 325 g/mol. The first-order valence-corrected chi connectivity index (χ1v) is 7.82. The number of halogens is 2. The average Bonchev–Trinajstić information content (AvgIpc) is 2.24. The third-order valence-electron chi connectivity index (χ3n) is 2.11. The van der Waals surface area contributed by atoms with Crippen LogP contribution in [0, 0.1) is 5.82 Å². The molecule has 20 heavy (non-hydrogen) atoms. The molecular formula is C12H14ClFO5S. The number of esters is 1. The highest BCUT2D eigenvalue weighted by Crippen LogP contribution is 2.31. The van der Waals surface area contributed by atoms with E-state index in [9.17, 15) is 17.6 Å². The SMILES string of the molecule is COc1c(F)cc(C(=O)OC(C)(C)C)cc1S(=O)(=O)Cl. The Morgan fingerprint density at radius 3 is 2.25 bits per heavy atom. The van der Waals surface area contributed by atoms with Gasteiger partial charge >= 0.3 is 5.97 Å². The molecule has 0 fully saturated rings. The van der Waals surface area contributed by atoms with Gasteiger partial charge in [0, 0.05) is 10.7 Å². The van der Waals surface area contributed by atoms with Crippen molar-refractivity contribution in [2.45, 2.75) is 31.3 Å². The molecule has 0 radical (unpaired) electrons. The topological polar surface area (TPSA) is 69.7 Å². The van der Waals surface area contributed by atoms with Crippen LogP contribution in [0.3, 0.4) is 0 Å². The minimum Gasteiger partial charge on any atom is -0.492 e. The van der Waals surface area contributed by atoms with Crippen LogP contribution in [0.1, 0.15) is 31.1 Å². The Morgan fingerprint density at radius 2 is 1.85 bits per heavy atom. The van der Waals surface area contributed by atoms with Gasteiger partial charge in [-0.25, -0.2) is 17.6 Å². The van der Waals surface area contributed by atoms with Crippen molar-refractivity contribution in [3.8, 4) is 5.75 Å². The Labute approximate surface area is 121 Å². The van der Waals surface area contributed by atoms with Crippen LogP contribution in [-0.4, -0.2) is 27.1 Å². The van der Waals surface area contributed by atoms with Crippen LogP contribution < -0.4 is 4.74 Å². The van der Waals surface area contributed by atoms with E-state index in [0.29, 0.717) is 0 Å². The fraction of sp³-hybridized carbons (Fsp3) is 0.417. The molecule has 0 aliphatic carbocycles. The minimum absolute atomic E-state index is 0.266. The van der Waals surface area contributed by atoms with E-state index in [1.807, 2.05) is 0 Å². The lowest BCUT2D eigenvalue weighted by Gasteiger charge is -2.20. The van der Waals surface area contributed by atoms with E-state index in [1.165, 1.54) is 0 Å². The van der Waals surface area contributed by atoms with Crippen LogP contribution in [0.5, 0.6) is 5.75 Å². The van der Waals surface area contributed by atoms with Crippen LogP contribution >= 0.6 is 10.7 Å². The summed E-state index contributed by atoms with van der Waals surface area (Å²) in [5.41, 5.74) is -1.06. The second-order valence-corrected chi connectivity index (χ2v) is 7.46. The van der Waals surface area contributed by atoms with Gasteiger partial charge in [-0.1, -0.05) is 0 Å². The summed E-state index contributed by atoms with van der Waals surface area (Å²) in [6.45, 7) is 4.89. The predicted octanol–water partition coefficient (Wildman–Crippen LogP) is 2.72. The van der Waals surface area contributed by atoms with Crippen molar-refractivity contribution in [3.63, 3.8) is 0 Å². The minimum atomic E-state index is -4.27. The third-order valence-corrected chi connectivity index (χ3v) is 3.44. The van der Waals surface area contributed by atoms with Gasteiger partial charge in [0.1, 0.15) is 10.5 Å². The summed E-state index contributed by atoms with van der Waals surface area (Å²) in [6, 6.07) is 1.75. The number of rotatable bonds is 3. The second kappa shape index (κ2) is 5.57. The molecule has 5 nitrogen and oxygen atoms in total. The highest BCUT2D eigenvalue weighted by atomic mass is 35.7. The molecule has 0 heterocycles. The molecule has 0 unspecified atom stereocenters. The van der Waals surface area contributed by atoms with E-state index in [2.05, 4.69) is 4.74 Å². The maximum Gasteiger partial charge on any atom is 0.338 e. The van der Waals surface area contributed by atoms with E-state index in [0.717, 1.165) is 19.2 Å². The van der Waals surface area contributed by atoms with Gasteiger partial charge in [0.25, 0.3) is 9.05 Å². The van der Waals surface area contributed by atoms with Crippen LogP contribution in [0.25, 0.3) is 0 Å². The summed E-state index contributed by atoms with van der Waals surface area (Å²) in [7, 11) is 2.02. The monoisotopic (exact) mass is 324 g/mol. The van der Waals surface area contributed by atoms with Crippen LogP contribution in [0.2, 0.25) is 0 Å². The number of benzene rings is 1. The van der Waals surface area contributed by atoms with Gasteiger partial charge in [-0.3, -0.25) is 0 Å². The predicted molar refractivity (Wildman–Crippen MR) is 71.2 cm³/mol. The summed E-state index contributed by atoms with van der Waals surface area (Å²) in [4.78, 5) is 11.2. The molecule has 1 aromatic rings. The molecule has 0 aromatic heterocycles. The number of carbonyl (C=O) groups excluding carboxylic acids is 1. The van der Waals surface area contributed by atoms with Gasteiger partial charge in [0.2, 0.25) is 0 Å². The molecular weight excluding hydrogens is 311 g/mol. The van der Waals surface area contributed by atoms with Gasteiger partial charge in [0.15, 0.2) is 11.6 Å². The van der Waals surface area contributed by atoms with Crippen LogP contribution in [0.15, 0.2) is 17.0 Å². The summed E-state index contributed by atoms with van der Waals surface area (Å²) >= 11 is 0. The number of ether oxygens (including phenoxy) is 2. The van der Waals surface area contributed by atoms with Gasteiger partial charge < -0.3 is 9.47 Å². The van der Waals surface area contributed by atoms with Crippen molar-refractivity contribution in [1.29, 1.82) is 0 Å². The Morgan fingerprint density at radius 1 is 1.30 bits per heavy atom. The molecule has 0 aliphatic heterocycles. The van der Waals surface area contributed by atoms with Crippen LogP contribution in [-0.2, 0) is 13.8 Å². The lowest BCUT2D eigenvalue weighted by atomic mass is 10.1. The number of hydrogen-bond donors (Lipinski definition) is 0. The normalized spacial score (nSPS) is 12.1. The molecule has 0 saturated carbocycles. The molecule has 0 amide bonds. The molecule has 0 atom stereocenters. The van der Waals surface area contributed by atoms with Crippen molar-refractivity contribution in [2.75, 3.05) is 7.11 Å². The largest absolute Gasteiger partial charge is 0.492 e. The fourth-order valence-electron chi connectivity index (χ4n) is 1.40. The first kappa shape index (κ1) is 16.7. The summed E-state index contributed by atoms with van der Waals surface area (Å²) in [5.74, 6) is -2.43. The summed E-state index contributed by atoms with van der Waals surface area (Å²) in [6.07, 6.45) is 0. The van der Waals surface area contributed by atoms with E-state index in [1.54, 1.807) is 20.8 Å². The van der Waals surface area contributed by atoms with Crippen molar-refractivity contribution in [1.82, 2.24) is 0 Å². The number of carbonyl (C=O) groups is 1. The molecule has 0 saturated heterocycles.